The minimum atomic E-state index is 0.0718. The number of amides is 1. The van der Waals surface area contributed by atoms with Gasteiger partial charge in [0.2, 0.25) is 0 Å². The first-order chi connectivity index (χ1) is 12.3. The zero-order valence-corrected chi connectivity index (χ0v) is 14.3. The minimum absolute atomic E-state index is 0.0718. The van der Waals surface area contributed by atoms with Crippen molar-refractivity contribution in [2.24, 2.45) is 0 Å². The van der Waals surface area contributed by atoms with Crippen LogP contribution in [0.15, 0.2) is 48.7 Å². The Bertz CT molecular complexity index is 881. The van der Waals surface area contributed by atoms with Gasteiger partial charge in [-0.05, 0) is 18.7 Å². The summed E-state index contributed by atoms with van der Waals surface area (Å²) < 4.78 is 1.92. The van der Waals surface area contributed by atoms with E-state index in [4.69, 9.17) is 0 Å². The molecule has 0 unspecified atom stereocenters. The summed E-state index contributed by atoms with van der Waals surface area (Å²) in [6, 6.07) is 13.6. The first-order valence-electron chi connectivity index (χ1n) is 8.68. The van der Waals surface area contributed by atoms with E-state index in [1.807, 2.05) is 58.0 Å². The largest absolute Gasteiger partial charge is 0.336 e. The van der Waals surface area contributed by atoms with E-state index in [1.54, 1.807) is 0 Å². The van der Waals surface area contributed by atoms with Gasteiger partial charge >= 0.3 is 0 Å². The van der Waals surface area contributed by atoms with Crippen LogP contribution in [0.2, 0.25) is 0 Å². The van der Waals surface area contributed by atoms with Gasteiger partial charge in [-0.15, -0.1) is 10.2 Å². The van der Waals surface area contributed by atoms with E-state index in [0.717, 1.165) is 44.1 Å². The molecule has 1 aromatic carbocycles. The number of rotatable bonds is 3. The Hall–Kier alpha value is -2.73. The van der Waals surface area contributed by atoms with Crippen LogP contribution >= 0.6 is 0 Å². The highest BCUT2D eigenvalue weighted by Crippen LogP contribution is 2.19. The maximum atomic E-state index is 12.8. The van der Waals surface area contributed by atoms with Crippen molar-refractivity contribution in [1.82, 2.24) is 24.4 Å². The fraction of sp³-hybridized carbons (Fsp3) is 0.316. The van der Waals surface area contributed by atoms with Crippen molar-refractivity contribution in [2.75, 3.05) is 32.7 Å². The van der Waals surface area contributed by atoms with E-state index in [2.05, 4.69) is 22.0 Å². The molecular formula is C19H21N5O. The molecule has 0 radical (unpaired) electrons. The predicted molar refractivity (Wildman–Crippen MR) is 96.4 cm³/mol. The van der Waals surface area contributed by atoms with Gasteiger partial charge in [-0.1, -0.05) is 37.3 Å². The molecule has 6 nitrogen and oxygen atoms in total. The third-order valence-corrected chi connectivity index (χ3v) is 4.80. The second-order valence-electron chi connectivity index (χ2n) is 6.26. The molecule has 1 aliphatic heterocycles. The van der Waals surface area contributed by atoms with Crippen LogP contribution in [0, 0.1) is 0 Å². The lowest BCUT2D eigenvalue weighted by atomic mass is 10.2. The molecule has 0 aliphatic carbocycles. The molecule has 0 spiro atoms. The molecule has 2 aromatic heterocycles. The second kappa shape index (κ2) is 6.64. The molecule has 128 valence electrons. The van der Waals surface area contributed by atoms with Crippen LogP contribution in [0.25, 0.3) is 17.0 Å². The lowest BCUT2D eigenvalue weighted by Crippen LogP contribution is -2.48. The Balaban J connectivity index is 1.59. The van der Waals surface area contributed by atoms with Gasteiger partial charge in [0.25, 0.3) is 5.91 Å². The summed E-state index contributed by atoms with van der Waals surface area (Å²) in [5, 5.41) is 8.52. The van der Waals surface area contributed by atoms with Crippen LogP contribution < -0.4 is 0 Å². The first-order valence-corrected chi connectivity index (χ1v) is 8.68. The summed E-state index contributed by atoms with van der Waals surface area (Å²) in [4.78, 5) is 17.0. The molecule has 25 heavy (non-hydrogen) atoms. The van der Waals surface area contributed by atoms with Crippen LogP contribution in [0.3, 0.4) is 0 Å². The molecular weight excluding hydrogens is 314 g/mol. The summed E-state index contributed by atoms with van der Waals surface area (Å²) in [5.41, 5.74) is 2.37. The maximum absolute atomic E-state index is 12.8. The maximum Gasteiger partial charge on any atom is 0.254 e. The van der Waals surface area contributed by atoms with Crippen LogP contribution in [-0.2, 0) is 0 Å². The molecule has 3 aromatic rings. The summed E-state index contributed by atoms with van der Waals surface area (Å²) >= 11 is 0. The SMILES string of the molecule is CCN1CCN(C(=O)c2ccn3c(-c4ccccc4)nnc3c2)CC1. The molecule has 6 heteroatoms. The molecule has 4 rings (SSSR count). The number of pyridine rings is 1. The normalized spacial score (nSPS) is 15.6. The number of hydrogen-bond acceptors (Lipinski definition) is 4. The average Bonchev–Trinajstić information content (AvgIpc) is 3.11. The molecule has 1 fully saturated rings. The van der Waals surface area contributed by atoms with Crippen molar-refractivity contribution in [3.63, 3.8) is 0 Å². The third-order valence-electron chi connectivity index (χ3n) is 4.80. The number of carbonyl (C=O) groups is 1. The number of nitrogens with zero attached hydrogens (tertiary/aromatic N) is 5. The molecule has 0 saturated carbocycles. The summed E-state index contributed by atoms with van der Waals surface area (Å²) in [5.74, 6) is 0.855. The molecule has 0 atom stereocenters. The Kier molecular flexibility index (Phi) is 4.19. The van der Waals surface area contributed by atoms with E-state index < -0.39 is 0 Å². The number of hydrogen-bond donors (Lipinski definition) is 0. The minimum Gasteiger partial charge on any atom is -0.336 e. The highest BCUT2D eigenvalue weighted by Gasteiger charge is 2.22. The molecule has 1 amide bonds. The summed E-state index contributed by atoms with van der Waals surface area (Å²) in [6.45, 7) is 6.62. The van der Waals surface area contributed by atoms with Crippen LogP contribution in [-0.4, -0.2) is 63.0 Å². The zero-order valence-electron chi connectivity index (χ0n) is 14.3. The topological polar surface area (TPSA) is 53.7 Å². The fourth-order valence-corrected chi connectivity index (χ4v) is 3.26. The number of benzene rings is 1. The van der Waals surface area contributed by atoms with Gasteiger partial charge in [-0.3, -0.25) is 9.20 Å². The van der Waals surface area contributed by atoms with Crippen molar-refractivity contribution in [3.8, 4) is 11.4 Å². The lowest BCUT2D eigenvalue weighted by Gasteiger charge is -2.34. The van der Waals surface area contributed by atoms with E-state index >= 15 is 0 Å². The van der Waals surface area contributed by atoms with E-state index in [0.29, 0.717) is 11.2 Å². The highest BCUT2D eigenvalue weighted by molar-refractivity contribution is 5.95. The molecule has 0 N–H and O–H groups in total. The molecule has 1 aliphatic rings. The van der Waals surface area contributed by atoms with Gasteiger partial charge in [0.15, 0.2) is 11.5 Å². The summed E-state index contributed by atoms with van der Waals surface area (Å²) in [6.07, 6.45) is 1.88. The quantitative estimate of drug-likeness (QED) is 0.736. The number of carbonyl (C=O) groups excluding carboxylic acids is 1. The Morgan fingerprint density at radius 2 is 1.80 bits per heavy atom. The van der Waals surface area contributed by atoms with Crippen molar-refractivity contribution in [2.45, 2.75) is 6.92 Å². The highest BCUT2D eigenvalue weighted by atomic mass is 16.2. The summed E-state index contributed by atoms with van der Waals surface area (Å²) in [7, 11) is 0. The third kappa shape index (κ3) is 3.00. The number of fused-ring (bicyclic) bond motifs is 1. The van der Waals surface area contributed by atoms with Gasteiger partial charge in [-0.2, -0.15) is 0 Å². The predicted octanol–water partition coefficient (Wildman–Crippen LogP) is 2.17. The second-order valence-corrected chi connectivity index (χ2v) is 6.26. The Morgan fingerprint density at radius 3 is 2.52 bits per heavy atom. The van der Waals surface area contributed by atoms with Crippen molar-refractivity contribution in [3.05, 3.63) is 54.2 Å². The first kappa shape index (κ1) is 15.8. The standard InChI is InChI=1S/C19H21N5O/c1-2-22-10-12-23(13-11-22)19(25)16-8-9-24-17(14-16)20-21-18(24)15-6-4-3-5-7-15/h3-9,14H,2,10-13H2,1H3. The van der Waals surface area contributed by atoms with Crippen molar-refractivity contribution < 1.29 is 4.79 Å². The zero-order chi connectivity index (χ0) is 17.2. The van der Waals surface area contributed by atoms with Gasteiger partial charge in [0.1, 0.15) is 0 Å². The van der Waals surface area contributed by atoms with Crippen LogP contribution in [0.5, 0.6) is 0 Å². The van der Waals surface area contributed by atoms with Crippen LogP contribution in [0.1, 0.15) is 17.3 Å². The Labute approximate surface area is 146 Å². The smallest absolute Gasteiger partial charge is 0.254 e. The fourth-order valence-electron chi connectivity index (χ4n) is 3.26. The van der Waals surface area contributed by atoms with Gasteiger partial charge in [-0.25, -0.2) is 0 Å². The van der Waals surface area contributed by atoms with E-state index in [1.165, 1.54) is 0 Å². The number of piperazine rings is 1. The van der Waals surface area contributed by atoms with Gasteiger partial charge < -0.3 is 9.80 Å². The lowest BCUT2D eigenvalue weighted by molar-refractivity contribution is 0.0643. The van der Waals surface area contributed by atoms with Crippen molar-refractivity contribution in [1.29, 1.82) is 0 Å². The number of aromatic nitrogens is 3. The number of likely N-dealkylation sites (N-methyl/N-ethyl adjacent to an activating group) is 1. The van der Waals surface area contributed by atoms with E-state index in [-0.39, 0.29) is 5.91 Å². The monoisotopic (exact) mass is 335 g/mol. The molecule has 3 heterocycles. The van der Waals surface area contributed by atoms with Crippen LogP contribution in [0.4, 0.5) is 0 Å². The van der Waals surface area contributed by atoms with Gasteiger partial charge in [0, 0.05) is 43.5 Å². The van der Waals surface area contributed by atoms with Crippen molar-refractivity contribution >= 4 is 11.6 Å². The Morgan fingerprint density at radius 1 is 1.04 bits per heavy atom. The van der Waals surface area contributed by atoms with E-state index in [9.17, 15) is 4.79 Å². The molecule has 1 saturated heterocycles. The van der Waals surface area contributed by atoms with Gasteiger partial charge in [0.05, 0.1) is 0 Å². The molecule has 0 bridgehead atoms. The average molecular weight is 335 g/mol.